The molecule has 4 heterocycles. The minimum Gasteiger partial charge on any atom is -0.463 e. The number of hydrogen-bond donors (Lipinski definition) is 3. The zero-order valence-electron chi connectivity index (χ0n) is 16.6. The van der Waals surface area contributed by atoms with Crippen molar-refractivity contribution in [1.82, 2.24) is 4.98 Å². The number of nitrogens with zero attached hydrogens (tertiary/aromatic N) is 2. The lowest BCUT2D eigenvalue weighted by molar-refractivity contribution is -0.362. The minimum absolute atomic E-state index is 0.122. The Morgan fingerprint density at radius 2 is 2.13 bits per heavy atom. The van der Waals surface area contributed by atoms with Crippen molar-refractivity contribution in [2.45, 2.75) is 50.2 Å². The number of thiazole rings is 1. The molecule has 5 rings (SSSR count). The molecule has 8 nitrogen and oxygen atoms in total. The van der Waals surface area contributed by atoms with Gasteiger partial charge in [-0.25, -0.2) is 4.98 Å². The highest BCUT2D eigenvalue weighted by atomic mass is 32.1. The largest absolute Gasteiger partial charge is 0.463 e. The number of benzene rings is 1. The molecule has 160 valence electrons. The van der Waals surface area contributed by atoms with Crippen molar-refractivity contribution in [1.29, 1.82) is 5.26 Å². The number of nitriles is 1. The maximum absolute atomic E-state index is 10.7. The molecular weight excluding hydrogens is 420 g/mol. The number of aliphatic hydroxyl groups excluding tert-OH is 3. The predicted molar refractivity (Wildman–Crippen MR) is 109 cm³/mol. The van der Waals surface area contributed by atoms with Crippen molar-refractivity contribution in [3.63, 3.8) is 0 Å². The lowest BCUT2D eigenvalue weighted by Gasteiger charge is -2.45. The third kappa shape index (κ3) is 3.20. The van der Waals surface area contributed by atoms with Crippen LogP contribution in [0.2, 0.25) is 0 Å². The van der Waals surface area contributed by atoms with Crippen LogP contribution in [0.3, 0.4) is 0 Å². The molecule has 1 spiro atoms. The summed E-state index contributed by atoms with van der Waals surface area (Å²) in [7, 11) is 0. The summed E-state index contributed by atoms with van der Waals surface area (Å²) in [6, 6.07) is 9.38. The number of rotatable bonds is 3. The second-order valence-corrected chi connectivity index (χ2v) is 8.87. The van der Waals surface area contributed by atoms with Gasteiger partial charge in [0.25, 0.3) is 0 Å². The van der Waals surface area contributed by atoms with E-state index in [0.717, 1.165) is 15.6 Å². The van der Waals surface area contributed by atoms with Gasteiger partial charge in [-0.2, -0.15) is 5.26 Å². The number of aromatic nitrogens is 1. The average Bonchev–Trinajstić information content (AvgIpc) is 3.51. The molecule has 0 saturated carbocycles. The fraction of sp³-hybridized carbons (Fsp3) is 0.364. The summed E-state index contributed by atoms with van der Waals surface area (Å²) in [6.07, 6.45) is -1.16. The minimum atomic E-state index is -1.60. The van der Waals surface area contributed by atoms with E-state index in [-0.39, 0.29) is 6.61 Å². The second kappa shape index (κ2) is 7.53. The summed E-state index contributed by atoms with van der Waals surface area (Å²) < 4.78 is 17.1. The summed E-state index contributed by atoms with van der Waals surface area (Å²) in [5.41, 5.74) is 2.43. The summed E-state index contributed by atoms with van der Waals surface area (Å²) >= 11 is 1.47. The number of ether oxygens (including phenoxy) is 2. The van der Waals surface area contributed by atoms with Gasteiger partial charge in [-0.1, -0.05) is 0 Å². The van der Waals surface area contributed by atoms with Gasteiger partial charge in [0.15, 0.2) is 0 Å². The molecule has 0 bridgehead atoms. The smallest absolute Gasteiger partial charge is 0.225 e. The first kappa shape index (κ1) is 20.3. The van der Waals surface area contributed by atoms with E-state index in [0.29, 0.717) is 28.7 Å². The molecule has 3 aromatic rings. The van der Waals surface area contributed by atoms with Crippen molar-refractivity contribution in [3.05, 3.63) is 64.0 Å². The molecular formula is C22H20N2O6S. The standard InChI is InChI=1S/C22H20N2O6S/c1-11-19(25)20(26)21(27)22(30-11)15-6-12(13(8-23)5-14(15)10-29-22)7-18-24-9-17(31-18)16-3-2-4-28-16/h2-6,9,11,19-21,25-27H,7,10H2,1H3/t11-,19-,20+,21-,22+/m1/s1. The number of hydrogen-bond acceptors (Lipinski definition) is 9. The summed E-state index contributed by atoms with van der Waals surface area (Å²) in [5.74, 6) is -0.871. The molecule has 9 heteroatoms. The van der Waals surface area contributed by atoms with Crippen molar-refractivity contribution in [2.75, 3.05) is 0 Å². The van der Waals surface area contributed by atoms with Gasteiger partial charge in [0.1, 0.15) is 24.1 Å². The maximum Gasteiger partial charge on any atom is 0.225 e. The van der Waals surface area contributed by atoms with Crippen LogP contribution in [0, 0.1) is 11.3 Å². The van der Waals surface area contributed by atoms with Crippen LogP contribution in [-0.4, -0.2) is 44.7 Å². The second-order valence-electron chi connectivity index (χ2n) is 7.76. The van der Waals surface area contributed by atoms with Gasteiger partial charge in [0, 0.05) is 18.2 Å². The lowest BCUT2D eigenvalue weighted by atomic mass is 9.86. The topological polar surface area (TPSA) is 129 Å². The third-order valence-corrected chi connectivity index (χ3v) is 6.84. The van der Waals surface area contributed by atoms with Crippen LogP contribution >= 0.6 is 11.3 Å². The van der Waals surface area contributed by atoms with E-state index in [1.54, 1.807) is 31.5 Å². The van der Waals surface area contributed by atoms with E-state index >= 15 is 0 Å². The highest BCUT2D eigenvalue weighted by Crippen LogP contribution is 2.46. The molecule has 1 fully saturated rings. The molecule has 5 atom stereocenters. The van der Waals surface area contributed by atoms with E-state index in [1.165, 1.54) is 11.3 Å². The van der Waals surface area contributed by atoms with E-state index < -0.39 is 30.2 Å². The Balaban J connectivity index is 1.52. The lowest BCUT2D eigenvalue weighted by Crippen LogP contribution is -2.62. The normalized spacial score (nSPS) is 29.8. The predicted octanol–water partition coefficient (Wildman–Crippen LogP) is 2.05. The molecule has 0 amide bonds. The average molecular weight is 440 g/mol. The Labute approximate surface area is 181 Å². The SMILES string of the molecule is C[C@H]1O[C@]2(OCc3cc(C#N)c(Cc4ncc(-c5ccco5)s4)cc32)[C@H](O)[C@@H](O)[C@@H]1O. The molecule has 1 aromatic carbocycles. The molecule has 0 radical (unpaired) electrons. The highest BCUT2D eigenvalue weighted by Gasteiger charge is 2.57. The fourth-order valence-electron chi connectivity index (χ4n) is 4.18. The highest BCUT2D eigenvalue weighted by molar-refractivity contribution is 7.15. The van der Waals surface area contributed by atoms with Crippen LogP contribution in [0.1, 0.15) is 34.2 Å². The van der Waals surface area contributed by atoms with E-state index in [4.69, 9.17) is 13.9 Å². The zero-order chi connectivity index (χ0) is 21.8. The number of furan rings is 1. The summed E-state index contributed by atoms with van der Waals surface area (Å²) in [5, 5.41) is 41.6. The fourth-order valence-corrected chi connectivity index (χ4v) is 5.09. The first-order valence-electron chi connectivity index (χ1n) is 9.84. The molecule has 0 aliphatic carbocycles. The van der Waals surface area contributed by atoms with Gasteiger partial charge in [0.2, 0.25) is 5.79 Å². The van der Waals surface area contributed by atoms with Crippen LogP contribution in [0.15, 0.2) is 41.1 Å². The third-order valence-electron chi connectivity index (χ3n) is 5.83. The van der Waals surface area contributed by atoms with Crippen LogP contribution < -0.4 is 0 Å². The van der Waals surface area contributed by atoms with Crippen LogP contribution in [0.5, 0.6) is 0 Å². The Kier molecular flexibility index (Phi) is 4.94. The van der Waals surface area contributed by atoms with Crippen molar-refractivity contribution in [2.24, 2.45) is 0 Å². The maximum atomic E-state index is 10.7. The van der Waals surface area contributed by atoms with Gasteiger partial charge in [-0.05, 0) is 42.3 Å². The molecule has 3 N–H and O–H groups in total. The van der Waals surface area contributed by atoms with Gasteiger partial charge in [-0.15, -0.1) is 11.3 Å². The number of fused-ring (bicyclic) bond motifs is 2. The number of aliphatic hydroxyl groups is 3. The van der Waals surface area contributed by atoms with Crippen molar-refractivity contribution < 1.29 is 29.2 Å². The summed E-state index contributed by atoms with van der Waals surface area (Å²) in [4.78, 5) is 5.34. The Morgan fingerprint density at radius 1 is 1.29 bits per heavy atom. The van der Waals surface area contributed by atoms with E-state index in [2.05, 4.69) is 11.1 Å². The Hall–Kier alpha value is -2.58. The molecule has 31 heavy (non-hydrogen) atoms. The van der Waals surface area contributed by atoms with Crippen LogP contribution in [-0.2, 0) is 28.3 Å². The molecule has 0 unspecified atom stereocenters. The molecule has 2 aliphatic rings. The van der Waals surface area contributed by atoms with E-state index in [9.17, 15) is 20.6 Å². The van der Waals surface area contributed by atoms with E-state index in [1.807, 2.05) is 12.1 Å². The molecule has 2 aliphatic heterocycles. The van der Waals surface area contributed by atoms with Gasteiger partial charge >= 0.3 is 0 Å². The van der Waals surface area contributed by atoms with Crippen molar-refractivity contribution in [3.8, 4) is 16.7 Å². The van der Waals surface area contributed by atoms with Crippen molar-refractivity contribution >= 4 is 11.3 Å². The Bertz CT molecular complexity index is 1150. The Morgan fingerprint density at radius 3 is 2.87 bits per heavy atom. The zero-order valence-corrected chi connectivity index (χ0v) is 17.4. The van der Waals surface area contributed by atoms with Gasteiger partial charge in [0.05, 0.1) is 40.5 Å². The monoisotopic (exact) mass is 440 g/mol. The molecule has 2 aromatic heterocycles. The first-order chi connectivity index (χ1) is 14.9. The molecule has 1 saturated heterocycles. The summed E-state index contributed by atoms with van der Waals surface area (Å²) in [6.45, 7) is 1.73. The van der Waals surface area contributed by atoms with Gasteiger partial charge < -0.3 is 29.2 Å². The van der Waals surface area contributed by atoms with Crippen LogP contribution in [0.25, 0.3) is 10.6 Å². The first-order valence-corrected chi connectivity index (χ1v) is 10.7. The van der Waals surface area contributed by atoms with Crippen LogP contribution in [0.4, 0.5) is 0 Å². The quantitative estimate of drug-likeness (QED) is 0.564. The van der Waals surface area contributed by atoms with Gasteiger partial charge in [-0.3, -0.25) is 0 Å².